The number of rotatable bonds is 5. The molecule has 0 saturated carbocycles. The van der Waals surface area contributed by atoms with Gasteiger partial charge in [-0.3, -0.25) is 19.3 Å². The molecule has 0 N–H and O–H groups in total. The molecule has 2 amide bonds. The van der Waals surface area contributed by atoms with Crippen LogP contribution < -0.4 is 9.47 Å². The zero-order chi connectivity index (χ0) is 22.9. The van der Waals surface area contributed by atoms with Gasteiger partial charge in [-0.1, -0.05) is 30.8 Å². The fourth-order valence-electron chi connectivity index (χ4n) is 4.58. The molecule has 0 radical (unpaired) electrons. The summed E-state index contributed by atoms with van der Waals surface area (Å²) in [5.74, 6) is 0.171. The summed E-state index contributed by atoms with van der Waals surface area (Å²) in [6.45, 7) is 4.86. The van der Waals surface area contributed by atoms with Gasteiger partial charge in [-0.15, -0.1) is 0 Å². The Morgan fingerprint density at radius 1 is 1.06 bits per heavy atom. The molecular weight excluding hydrogens is 424 g/mol. The highest BCUT2D eigenvalue weighted by Gasteiger charge is 2.34. The van der Waals surface area contributed by atoms with Crippen molar-refractivity contribution in [3.63, 3.8) is 0 Å². The van der Waals surface area contributed by atoms with E-state index in [2.05, 4.69) is 6.58 Å². The number of benzene rings is 2. The molecular formula is C25H24N2O6. The molecule has 0 aliphatic carbocycles. The van der Waals surface area contributed by atoms with Gasteiger partial charge in [-0.25, -0.2) is 0 Å². The lowest BCUT2D eigenvalue weighted by atomic mass is 10.0. The Balaban J connectivity index is 1.19. The largest absolute Gasteiger partial charge is 0.486 e. The Kier molecular flexibility index (Phi) is 5.50. The average Bonchev–Trinajstić information content (AvgIpc) is 3.42. The van der Waals surface area contributed by atoms with E-state index >= 15 is 0 Å². The van der Waals surface area contributed by atoms with E-state index in [0.29, 0.717) is 48.1 Å². The monoisotopic (exact) mass is 448 g/mol. The fourth-order valence-corrected chi connectivity index (χ4v) is 4.58. The normalized spacial score (nSPS) is 19.0. The standard InChI is InChI=1S/C25H24N2O6/c1-16-18-5-2-3-6-19(18)25(30)27(16)14-24(29)33-15-23(28)26-10-4-7-20(26)17-8-9-21-22(13-17)32-12-11-31-21/h2-3,5-6,8-9,13,20H,1,4,7,10-12,14-15H2. The van der Waals surface area contributed by atoms with Gasteiger partial charge in [0.05, 0.1) is 6.04 Å². The second-order valence-electron chi connectivity index (χ2n) is 8.19. The van der Waals surface area contributed by atoms with Gasteiger partial charge in [-0.05, 0) is 36.6 Å². The molecule has 33 heavy (non-hydrogen) atoms. The predicted molar refractivity (Wildman–Crippen MR) is 119 cm³/mol. The number of carbonyl (C=O) groups excluding carboxylic acids is 3. The van der Waals surface area contributed by atoms with E-state index in [1.807, 2.05) is 24.3 Å². The van der Waals surface area contributed by atoms with E-state index in [1.54, 1.807) is 23.1 Å². The van der Waals surface area contributed by atoms with Crippen LogP contribution in [0.25, 0.3) is 5.70 Å². The van der Waals surface area contributed by atoms with Gasteiger partial charge in [0.15, 0.2) is 18.1 Å². The van der Waals surface area contributed by atoms with Crippen LogP contribution in [0.2, 0.25) is 0 Å². The summed E-state index contributed by atoms with van der Waals surface area (Å²) in [6, 6.07) is 12.7. The second-order valence-corrected chi connectivity index (χ2v) is 8.19. The van der Waals surface area contributed by atoms with Gasteiger partial charge in [-0.2, -0.15) is 0 Å². The average molecular weight is 448 g/mol. The van der Waals surface area contributed by atoms with Crippen LogP contribution >= 0.6 is 0 Å². The Hall–Kier alpha value is -3.81. The van der Waals surface area contributed by atoms with Crippen LogP contribution in [0, 0.1) is 0 Å². The first-order chi connectivity index (χ1) is 16.0. The molecule has 170 valence electrons. The van der Waals surface area contributed by atoms with Crippen molar-refractivity contribution in [2.24, 2.45) is 0 Å². The highest BCUT2D eigenvalue weighted by atomic mass is 16.6. The summed E-state index contributed by atoms with van der Waals surface area (Å²) >= 11 is 0. The molecule has 1 unspecified atom stereocenters. The molecule has 0 bridgehead atoms. The number of esters is 1. The zero-order valence-corrected chi connectivity index (χ0v) is 18.1. The van der Waals surface area contributed by atoms with Crippen LogP contribution in [-0.4, -0.2) is 60.5 Å². The quantitative estimate of drug-likeness (QED) is 0.654. The third-order valence-electron chi connectivity index (χ3n) is 6.21. The van der Waals surface area contributed by atoms with Crippen molar-refractivity contribution in [1.82, 2.24) is 9.80 Å². The molecule has 2 aromatic carbocycles. The molecule has 1 saturated heterocycles. The van der Waals surface area contributed by atoms with Crippen LogP contribution in [0.4, 0.5) is 0 Å². The Bertz CT molecular complexity index is 1110. The molecule has 3 aliphatic heterocycles. The lowest BCUT2D eigenvalue weighted by molar-refractivity contribution is -0.152. The first kappa shape index (κ1) is 21.1. The molecule has 3 heterocycles. The zero-order valence-electron chi connectivity index (χ0n) is 18.1. The third-order valence-corrected chi connectivity index (χ3v) is 6.21. The van der Waals surface area contributed by atoms with Gasteiger partial charge in [0.2, 0.25) is 0 Å². The topological polar surface area (TPSA) is 85.4 Å². The molecule has 8 heteroatoms. The number of carbonyl (C=O) groups is 3. The lowest BCUT2D eigenvalue weighted by Crippen LogP contribution is -2.36. The van der Waals surface area contributed by atoms with Crippen molar-refractivity contribution in [2.75, 3.05) is 32.9 Å². The Labute approximate surface area is 191 Å². The van der Waals surface area contributed by atoms with E-state index in [1.165, 1.54) is 4.90 Å². The molecule has 5 rings (SSSR count). The number of ether oxygens (including phenoxy) is 3. The van der Waals surface area contributed by atoms with Crippen molar-refractivity contribution in [3.05, 3.63) is 65.7 Å². The predicted octanol–water partition coefficient (Wildman–Crippen LogP) is 2.79. The van der Waals surface area contributed by atoms with Crippen molar-refractivity contribution < 1.29 is 28.6 Å². The van der Waals surface area contributed by atoms with Crippen LogP contribution in [0.1, 0.15) is 40.4 Å². The van der Waals surface area contributed by atoms with Crippen molar-refractivity contribution in [2.45, 2.75) is 18.9 Å². The van der Waals surface area contributed by atoms with Gasteiger partial charge in [0.1, 0.15) is 19.8 Å². The Morgan fingerprint density at radius 2 is 1.82 bits per heavy atom. The maximum Gasteiger partial charge on any atom is 0.326 e. The first-order valence-electron chi connectivity index (χ1n) is 11.0. The van der Waals surface area contributed by atoms with E-state index in [0.717, 1.165) is 18.4 Å². The maximum atomic E-state index is 12.9. The van der Waals surface area contributed by atoms with E-state index < -0.39 is 5.97 Å². The van der Waals surface area contributed by atoms with E-state index in [-0.39, 0.29) is 31.0 Å². The van der Waals surface area contributed by atoms with Gasteiger partial charge in [0, 0.05) is 23.4 Å². The summed E-state index contributed by atoms with van der Waals surface area (Å²) < 4.78 is 16.5. The van der Waals surface area contributed by atoms with Crippen LogP contribution in [-0.2, 0) is 14.3 Å². The van der Waals surface area contributed by atoms with Crippen molar-refractivity contribution in [1.29, 1.82) is 0 Å². The summed E-state index contributed by atoms with van der Waals surface area (Å²) in [5, 5.41) is 0. The smallest absolute Gasteiger partial charge is 0.326 e. The number of amides is 2. The minimum absolute atomic E-state index is 0.110. The maximum absolute atomic E-state index is 12.9. The number of nitrogens with zero attached hydrogens (tertiary/aromatic N) is 2. The van der Waals surface area contributed by atoms with Gasteiger partial charge < -0.3 is 19.1 Å². The van der Waals surface area contributed by atoms with Crippen LogP contribution in [0.3, 0.4) is 0 Å². The summed E-state index contributed by atoms with van der Waals surface area (Å²) in [6.07, 6.45) is 1.68. The van der Waals surface area contributed by atoms with E-state index in [4.69, 9.17) is 14.2 Å². The summed E-state index contributed by atoms with van der Waals surface area (Å²) in [4.78, 5) is 40.8. The lowest BCUT2D eigenvalue weighted by Gasteiger charge is -2.26. The van der Waals surface area contributed by atoms with Gasteiger partial charge in [0.25, 0.3) is 11.8 Å². The molecule has 1 fully saturated rings. The number of hydrogen-bond acceptors (Lipinski definition) is 6. The number of fused-ring (bicyclic) bond motifs is 2. The third kappa shape index (κ3) is 3.92. The SMILES string of the molecule is C=C1c2ccccc2C(=O)N1CC(=O)OCC(=O)N1CCCC1c1ccc2c(c1)OCCO2. The van der Waals surface area contributed by atoms with Gasteiger partial charge >= 0.3 is 5.97 Å². The number of hydrogen-bond donors (Lipinski definition) is 0. The number of likely N-dealkylation sites (tertiary alicyclic amines) is 1. The highest BCUT2D eigenvalue weighted by molar-refractivity contribution is 6.10. The first-order valence-corrected chi connectivity index (χ1v) is 11.0. The summed E-state index contributed by atoms with van der Waals surface area (Å²) in [5.41, 5.74) is 2.63. The van der Waals surface area contributed by atoms with Crippen LogP contribution in [0.5, 0.6) is 11.5 Å². The van der Waals surface area contributed by atoms with Crippen LogP contribution in [0.15, 0.2) is 49.0 Å². The van der Waals surface area contributed by atoms with E-state index in [9.17, 15) is 14.4 Å². The molecule has 8 nitrogen and oxygen atoms in total. The minimum atomic E-state index is -0.652. The van der Waals surface area contributed by atoms with Crippen molar-refractivity contribution >= 4 is 23.5 Å². The van der Waals surface area contributed by atoms with Crippen molar-refractivity contribution in [3.8, 4) is 11.5 Å². The molecule has 1 atom stereocenters. The molecule has 0 aromatic heterocycles. The molecule has 0 spiro atoms. The molecule has 3 aliphatic rings. The Morgan fingerprint density at radius 3 is 2.61 bits per heavy atom. The second kappa shape index (κ2) is 8.61. The minimum Gasteiger partial charge on any atom is -0.486 e. The summed E-state index contributed by atoms with van der Waals surface area (Å²) in [7, 11) is 0. The fraction of sp³-hybridized carbons (Fsp3) is 0.320. The molecule has 2 aromatic rings. The highest BCUT2D eigenvalue weighted by Crippen LogP contribution is 2.38.